The standard InChI is InChI=1S/C12H14BrN3/c1-8(2)6-14-12-15-7-9-5-10(13)3-4-11(9)16-12/h3-5,7-8H,6H2,1-2H3,(H,14,15,16). The third kappa shape index (κ3) is 2.70. The third-order valence-electron chi connectivity index (χ3n) is 2.21. The molecular weight excluding hydrogens is 266 g/mol. The van der Waals surface area contributed by atoms with Crippen molar-refractivity contribution in [2.75, 3.05) is 11.9 Å². The van der Waals surface area contributed by atoms with Gasteiger partial charge < -0.3 is 5.32 Å². The van der Waals surface area contributed by atoms with Crippen LogP contribution in [-0.4, -0.2) is 16.5 Å². The molecule has 0 fully saturated rings. The zero-order valence-electron chi connectivity index (χ0n) is 9.37. The summed E-state index contributed by atoms with van der Waals surface area (Å²) in [4.78, 5) is 8.72. The largest absolute Gasteiger partial charge is 0.354 e. The Labute approximate surface area is 103 Å². The molecule has 0 aliphatic heterocycles. The molecule has 0 bridgehead atoms. The number of halogens is 1. The Morgan fingerprint density at radius 1 is 1.38 bits per heavy atom. The van der Waals surface area contributed by atoms with Gasteiger partial charge in [-0.3, -0.25) is 0 Å². The van der Waals surface area contributed by atoms with E-state index in [0.29, 0.717) is 11.9 Å². The number of anilines is 1. The maximum atomic E-state index is 4.45. The number of aromatic nitrogens is 2. The first-order valence-electron chi connectivity index (χ1n) is 5.31. The van der Waals surface area contributed by atoms with Crippen LogP contribution in [0.2, 0.25) is 0 Å². The summed E-state index contributed by atoms with van der Waals surface area (Å²) >= 11 is 3.43. The zero-order valence-corrected chi connectivity index (χ0v) is 11.0. The van der Waals surface area contributed by atoms with Gasteiger partial charge in [-0.15, -0.1) is 0 Å². The van der Waals surface area contributed by atoms with Gasteiger partial charge in [0, 0.05) is 22.6 Å². The lowest BCUT2D eigenvalue weighted by molar-refractivity contribution is 0.685. The van der Waals surface area contributed by atoms with Crippen molar-refractivity contribution in [3.63, 3.8) is 0 Å². The molecule has 0 saturated heterocycles. The molecule has 1 aromatic heterocycles. The smallest absolute Gasteiger partial charge is 0.223 e. The van der Waals surface area contributed by atoms with Gasteiger partial charge in [0.15, 0.2) is 0 Å². The lowest BCUT2D eigenvalue weighted by Gasteiger charge is -2.07. The van der Waals surface area contributed by atoms with E-state index in [9.17, 15) is 0 Å². The number of hydrogen-bond donors (Lipinski definition) is 1. The van der Waals surface area contributed by atoms with E-state index in [0.717, 1.165) is 21.9 Å². The van der Waals surface area contributed by atoms with Crippen molar-refractivity contribution in [1.82, 2.24) is 9.97 Å². The van der Waals surface area contributed by atoms with Crippen molar-refractivity contribution in [2.45, 2.75) is 13.8 Å². The van der Waals surface area contributed by atoms with Crippen LogP contribution in [0.5, 0.6) is 0 Å². The molecule has 1 aromatic carbocycles. The first-order chi connectivity index (χ1) is 7.65. The summed E-state index contributed by atoms with van der Waals surface area (Å²) in [7, 11) is 0. The molecular formula is C12H14BrN3. The minimum atomic E-state index is 0.587. The topological polar surface area (TPSA) is 37.8 Å². The molecule has 16 heavy (non-hydrogen) atoms. The average Bonchev–Trinajstić information content (AvgIpc) is 2.26. The quantitative estimate of drug-likeness (QED) is 0.935. The monoisotopic (exact) mass is 279 g/mol. The Morgan fingerprint density at radius 3 is 2.94 bits per heavy atom. The molecule has 0 aliphatic rings. The molecule has 0 saturated carbocycles. The normalized spacial score (nSPS) is 11.0. The van der Waals surface area contributed by atoms with Crippen LogP contribution >= 0.6 is 15.9 Å². The third-order valence-corrected chi connectivity index (χ3v) is 2.70. The Morgan fingerprint density at radius 2 is 2.19 bits per heavy atom. The number of fused-ring (bicyclic) bond motifs is 1. The van der Waals surface area contributed by atoms with E-state index in [1.54, 1.807) is 0 Å². The van der Waals surface area contributed by atoms with Gasteiger partial charge in [-0.1, -0.05) is 29.8 Å². The molecule has 0 unspecified atom stereocenters. The van der Waals surface area contributed by atoms with Crippen LogP contribution in [-0.2, 0) is 0 Å². The van der Waals surface area contributed by atoms with Crippen molar-refractivity contribution in [3.05, 3.63) is 28.9 Å². The van der Waals surface area contributed by atoms with Crippen molar-refractivity contribution < 1.29 is 0 Å². The molecule has 0 atom stereocenters. The van der Waals surface area contributed by atoms with Crippen molar-refractivity contribution >= 4 is 32.8 Å². The zero-order chi connectivity index (χ0) is 11.5. The molecule has 1 heterocycles. The van der Waals surface area contributed by atoms with E-state index in [1.165, 1.54) is 0 Å². The number of nitrogens with zero attached hydrogens (tertiary/aromatic N) is 2. The maximum absolute atomic E-state index is 4.45. The molecule has 84 valence electrons. The fourth-order valence-electron chi connectivity index (χ4n) is 1.38. The molecule has 2 aromatic rings. The van der Waals surface area contributed by atoms with Crippen molar-refractivity contribution in [2.24, 2.45) is 5.92 Å². The van der Waals surface area contributed by atoms with Crippen molar-refractivity contribution in [3.8, 4) is 0 Å². The lowest BCUT2D eigenvalue weighted by atomic mass is 10.2. The highest BCUT2D eigenvalue weighted by molar-refractivity contribution is 9.10. The minimum absolute atomic E-state index is 0.587. The van der Waals surface area contributed by atoms with Crippen LogP contribution in [0.1, 0.15) is 13.8 Å². The highest BCUT2D eigenvalue weighted by Crippen LogP contribution is 2.18. The van der Waals surface area contributed by atoms with Crippen LogP contribution in [0.4, 0.5) is 5.95 Å². The molecule has 4 heteroatoms. The van der Waals surface area contributed by atoms with Gasteiger partial charge in [0.05, 0.1) is 5.52 Å². The van der Waals surface area contributed by atoms with Gasteiger partial charge in [0.25, 0.3) is 0 Å². The average molecular weight is 280 g/mol. The van der Waals surface area contributed by atoms with Gasteiger partial charge in [-0.2, -0.15) is 0 Å². The van der Waals surface area contributed by atoms with Crippen LogP contribution in [0, 0.1) is 5.92 Å². The SMILES string of the molecule is CC(C)CNc1ncc2cc(Br)ccc2n1. The molecule has 1 N–H and O–H groups in total. The second-order valence-corrected chi connectivity index (χ2v) is 5.09. The molecule has 0 aliphatic carbocycles. The van der Waals surface area contributed by atoms with Gasteiger partial charge in [-0.25, -0.2) is 9.97 Å². The minimum Gasteiger partial charge on any atom is -0.354 e. The van der Waals surface area contributed by atoms with Crippen LogP contribution in [0.15, 0.2) is 28.9 Å². The predicted octanol–water partition coefficient (Wildman–Crippen LogP) is 3.46. The number of hydrogen-bond acceptors (Lipinski definition) is 3. The Kier molecular flexibility index (Phi) is 3.39. The fraction of sp³-hybridized carbons (Fsp3) is 0.333. The van der Waals surface area contributed by atoms with Crippen molar-refractivity contribution in [1.29, 1.82) is 0 Å². The summed E-state index contributed by atoms with van der Waals surface area (Å²) in [6, 6.07) is 5.99. The molecule has 3 nitrogen and oxygen atoms in total. The summed E-state index contributed by atoms with van der Waals surface area (Å²) in [5.41, 5.74) is 0.962. The highest BCUT2D eigenvalue weighted by Gasteiger charge is 2.01. The first-order valence-corrected chi connectivity index (χ1v) is 6.10. The van der Waals surface area contributed by atoms with E-state index < -0.39 is 0 Å². The number of rotatable bonds is 3. The van der Waals surface area contributed by atoms with Crippen LogP contribution in [0.25, 0.3) is 10.9 Å². The second-order valence-electron chi connectivity index (χ2n) is 4.17. The fourth-order valence-corrected chi connectivity index (χ4v) is 1.76. The first kappa shape index (κ1) is 11.3. The van der Waals surface area contributed by atoms with E-state index in [1.807, 2.05) is 24.4 Å². The van der Waals surface area contributed by atoms with Crippen LogP contribution < -0.4 is 5.32 Å². The summed E-state index contributed by atoms with van der Waals surface area (Å²) < 4.78 is 1.05. The van der Waals surface area contributed by atoms with E-state index in [-0.39, 0.29) is 0 Å². The maximum Gasteiger partial charge on any atom is 0.223 e. The number of benzene rings is 1. The van der Waals surface area contributed by atoms with Gasteiger partial charge >= 0.3 is 0 Å². The Hall–Kier alpha value is -1.16. The van der Waals surface area contributed by atoms with E-state index in [4.69, 9.17) is 0 Å². The summed E-state index contributed by atoms with van der Waals surface area (Å²) in [5, 5.41) is 4.26. The van der Waals surface area contributed by atoms with E-state index >= 15 is 0 Å². The summed E-state index contributed by atoms with van der Waals surface area (Å²) in [6.45, 7) is 5.21. The molecule has 0 amide bonds. The highest BCUT2D eigenvalue weighted by atomic mass is 79.9. The van der Waals surface area contributed by atoms with Gasteiger partial charge in [0.1, 0.15) is 0 Å². The predicted molar refractivity (Wildman–Crippen MR) is 70.6 cm³/mol. The van der Waals surface area contributed by atoms with Gasteiger partial charge in [-0.05, 0) is 24.1 Å². The van der Waals surface area contributed by atoms with E-state index in [2.05, 4.69) is 45.1 Å². The molecule has 0 radical (unpaired) electrons. The van der Waals surface area contributed by atoms with Gasteiger partial charge in [0.2, 0.25) is 5.95 Å². The lowest BCUT2D eigenvalue weighted by Crippen LogP contribution is -2.10. The number of nitrogens with one attached hydrogen (secondary N) is 1. The molecule has 0 spiro atoms. The Bertz CT molecular complexity index is 497. The summed E-state index contributed by atoms with van der Waals surface area (Å²) in [5.74, 6) is 1.28. The van der Waals surface area contributed by atoms with Crippen LogP contribution in [0.3, 0.4) is 0 Å². The Balaban J connectivity index is 2.26. The molecule has 2 rings (SSSR count). The second kappa shape index (κ2) is 4.78. The summed E-state index contributed by atoms with van der Waals surface area (Å²) in [6.07, 6.45) is 1.84.